The molecule has 0 aliphatic carbocycles. The molecular formula is C15H21N3O4. The molecule has 2 atom stereocenters. The summed E-state index contributed by atoms with van der Waals surface area (Å²) in [6.07, 6.45) is 3.63. The molecule has 2 saturated heterocycles. The number of aromatic nitrogens is 1. The molecule has 22 heavy (non-hydrogen) atoms. The number of hydrogen-bond acceptors (Lipinski definition) is 5. The molecule has 1 spiro atoms. The molecule has 2 amide bonds. The first-order chi connectivity index (χ1) is 10.5. The molecule has 0 radical (unpaired) electrons. The molecule has 0 unspecified atom stereocenters. The van der Waals surface area contributed by atoms with Crippen LogP contribution in [0.4, 0.5) is 0 Å². The number of nitrogens with zero attached hydrogens (tertiary/aromatic N) is 3. The minimum absolute atomic E-state index is 0.00411. The average molecular weight is 307 g/mol. The highest BCUT2D eigenvalue weighted by atomic mass is 16.5. The lowest BCUT2D eigenvalue weighted by atomic mass is 9.78. The Hall–Kier alpha value is -1.89. The van der Waals surface area contributed by atoms with Gasteiger partial charge in [0.2, 0.25) is 5.76 Å². The van der Waals surface area contributed by atoms with E-state index in [0.717, 1.165) is 12.8 Å². The van der Waals surface area contributed by atoms with E-state index in [9.17, 15) is 9.59 Å². The third kappa shape index (κ3) is 2.72. The van der Waals surface area contributed by atoms with E-state index in [1.165, 1.54) is 6.20 Å². The molecule has 0 bridgehead atoms. The standard InChI is InChI=1S/C15H21N3O4/c1-17(2)13(19)12-8-15(10-21-12)5-3-7-18(9-15)14(20)11-4-6-16-22-11/h4,6,12H,3,5,7-10H2,1-2H3/t12-,15-/m0/s1. The molecule has 0 aromatic carbocycles. The summed E-state index contributed by atoms with van der Waals surface area (Å²) in [5.74, 6) is 0.117. The summed E-state index contributed by atoms with van der Waals surface area (Å²) in [5.41, 5.74) is -0.121. The van der Waals surface area contributed by atoms with Gasteiger partial charge in [-0.05, 0) is 19.3 Å². The molecule has 3 rings (SSSR count). The Morgan fingerprint density at radius 3 is 2.95 bits per heavy atom. The van der Waals surface area contributed by atoms with Gasteiger partial charge in [0.05, 0.1) is 12.8 Å². The minimum Gasteiger partial charge on any atom is -0.368 e. The number of piperidine rings is 1. The Bertz CT molecular complexity index is 557. The zero-order valence-electron chi connectivity index (χ0n) is 12.9. The van der Waals surface area contributed by atoms with E-state index in [1.807, 2.05) is 0 Å². The minimum atomic E-state index is -0.393. The quantitative estimate of drug-likeness (QED) is 0.807. The maximum Gasteiger partial charge on any atom is 0.292 e. The van der Waals surface area contributed by atoms with E-state index in [0.29, 0.717) is 26.1 Å². The van der Waals surface area contributed by atoms with Crippen molar-refractivity contribution in [2.75, 3.05) is 33.8 Å². The highest BCUT2D eigenvalue weighted by Gasteiger charge is 2.46. The maximum absolute atomic E-state index is 12.4. The SMILES string of the molecule is CN(C)C(=O)[C@@H]1C[C@]2(CCCN(C(=O)c3ccno3)C2)CO1. The second kappa shape index (κ2) is 5.72. The van der Waals surface area contributed by atoms with Gasteiger partial charge in [-0.3, -0.25) is 9.59 Å². The van der Waals surface area contributed by atoms with E-state index in [1.54, 1.807) is 30.0 Å². The molecule has 7 heteroatoms. The summed E-state index contributed by atoms with van der Waals surface area (Å²) in [7, 11) is 3.47. The fourth-order valence-corrected chi connectivity index (χ4v) is 3.38. The number of amides is 2. The van der Waals surface area contributed by atoms with Crippen LogP contribution in [0, 0.1) is 5.41 Å². The van der Waals surface area contributed by atoms with Gasteiger partial charge in [-0.15, -0.1) is 0 Å². The average Bonchev–Trinajstić information content (AvgIpc) is 3.16. The van der Waals surface area contributed by atoms with Crippen molar-refractivity contribution in [3.63, 3.8) is 0 Å². The number of rotatable bonds is 2. The Morgan fingerprint density at radius 1 is 1.45 bits per heavy atom. The number of carbonyl (C=O) groups is 2. The predicted molar refractivity (Wildman–Crippen MR) is 77.1 cm³/mol. The van der Waals surface area contributed by atoms with Gasteiger partial charge in [0.1, 0.15) is 6.10 Å². The normalized spacial score (nSPS) is 28.1. The Balaban J connectivity index is 1.68. The Labute approximate surface area is 129 Å². The molecule has 1 aromatic heterocycles. The van der Waals surface area contributed by atoms with Crippen LogP contribution in [0.3, 0.4) is 0 Å². The van der Waals surface area contributed by atoms with Crippen molar-refractivity contribution in [2.45, 2.75) is 25.4 Å². The van der Waals surface area contributed by atoms with Crippen molar-refractivity contribution in [1.29, 1.82) is 0 Å². The first-order valence-electron chi connectivity index (χ1n) is 7.53. The smallest absolute Gasteiger partial charge is 0.292 e. The number of likely N-dealkylation sites (tertiary alicyclic amines) is 1. The maximum atomic E-state index is 12.4. The zero-order valence-corrected chi connectivity index (χ0v) is 12.9. The molecule has 0 N–H and O–H groups in total. The van der Waals surface area contributed by atoms with Gasteiger partial charge in [-0.25, -0.2) is 0 Å². The van der Waals surface area contributed by atoms with Crippen LogP contribution in [-0.2, 0) is 9.53 Å². The van der Waals surface area contributed by atoms with Crippen molar-refractivity contribution in [1.82, 2.24) is 15.0 Å². The monoisotopic (exact) mass is 307 g/mol. The van der Waals surface area contributed by atoms with Gasteiger partial charge >= 0.3 is 0 Å². The molecule has 2 fully saturated rings. The van der Waals surface area contributed by atoms with Crippen molar-refractivity contribution in [3.05, 3.63) is 18.0 Å². The number of hydrogen-bond donors (Lipinski definition) is 0. The first kappa shape index (κ1) is 15.0. The Morgan fingerprint density at radius 2 is 2.27 bits per heavy atom. The third-order valence-electron chi connectivity index (χ3n) is 4.52. The topological polar surface area (TPSA) is 75.9 Å². The lowest BCUT2D eigenvalue weighted by Gasteiger charge is -2.39. The van der Waals surface area contributed by atoms with Crippen LogP contribution in [0.25, 0.3) is 0 Å². The third-order valence-corrected chi connectivity index (χ3v) is 4.52. The number of ether oxygens (including phenoxy) is 1. The fraction of sp³-hybridized carbons (Fsp3) is 0.667. The zero-order chi connectivity index (χ0) is 15.7. The lowest BCUT2D eigenvalue weighted by molar-refractivity contribution is -0.138. The lowest BCUT2D eigenvalue weighted by Crippen LogP contribution is -2.46. The van der Waals surface area contributed by atoms with Gasteiger partial charge < -0.3 is 19.1 Å². The highest BCUT2D eigenvalue weighted by molar-refractivity contribution is 5.91. The van der Waals surface area contributed by atoms with E-state index in [2.05, 4.69) is 5.16 Å². The first-order valence-corrected chi connectivity index (χ1v) is 7.53. The van der Waals surface area contributed by atoms with Crippen LogP contribution in [0.1, 0.15) is 29.8 Å². The van der Waals surface area contributed by atoms with Gasteiger partial charge in [-0.2, -0.15) is 0 Å². The number of likely N-dealkylation sites (N-methyl/N-ethyl adjacent to an activating group) is 1. The van der Waals surface area contributed by atoms with Gasteiger partial charge in [0.25, 0.3) is 11.8 Å². The second-order valence-corrected chi connectivity index (χ2v) is 6.44. The largest absolute Gasteiger partial charge is 0.368 e. The summed E-state index contributed by atoms with van der Waals surface area (Å²) < 4.78 is 10.7. The van der Waals surface area contributed by atoms with E-state index in [4.69, 9.17) is 9.26 Å². The molecule has 7 nitrogen and oxygen atoms in total. The van der Waals surface area contributed by atoms with Crippen LogP contribution >= 0.6 is 0 Å². The Kier molecular flexibility index (Phi) is 3.90. The summed E-state index contributed by atoms with van der Waals surface area (Å²) >= 11 is 0. The molecule has 120 valence electrons. The molecule has 2 aliphatic heterocycles. The van der Waals surface area contributed by atoms with Crippen molar-refractivity contribution in [3.8, 4) is 0 Å². The summed E-state index contributed by atoms with van der Waals surface area (Å²) in [4.78, 5) is 27.8. The van der Waals surface area contributed by atoms with Crippen LogP contribution < -0.4 is 0 Å². The van der Waals surface area contributed by atoms with Crippen molar-refractivity contribution in [2.24, 2.45) is 5.41 Å². The highest BCUT2D eigenvalue weighted by Crippen LogP contribution is 2.41. The molecule has 2 aliphatic rings. The van der Waals surface area contributed by atoms with Crippen molar-refractivity contribution >= 4 is 11.8 Å². The van der Waals surface area contributed by atoms with Gasteiger partial charge in [0.15, 0.2) is 0 Å². The van der Waals surface area contributed by atoms with Gasteiger partial charge in [-0.1, -0.05) is 5.16 Å². The predicted octanol–water partition coefficient (Wildman–Crippen LogP) is 0.774. The van der Waals surface area contributed by atoms with E-state index in [-0.39, 0.29) is 23.0 Å². The van der Waals surface area contributed by atoms with Crippen LogP contribution in [0.2, 0.25) is 0 Å². The van der Waals surface area contributed by atoms with Crippen LogP contribution in [0.15, 0.2) is 16.8 Å². The molecule has 0 saturated carbocycles. The van der Waals surface area contributed by atoms with E-state index >= 15 is 0 Å². The van der Waals surface area contributed by atoms with Crippen molar-refractivity contribution < 1.29 is 18.8 Å². The van der Waals surface area contributed by atoms with Gasteiger partial charge in [0, 0.05) is 38.7 Å². The summed E-state index contributed by atoms with van der Waals surface area (Å²) in [5, 5.41) is 3.58. The summed E-state index contributed by atoms with van der Waals surface area (Å²) in [6, 6.07) is 1.58. The van der Waals surface area contributed by atoms with Crippen LogP contribution in [-0.4, -0.2) is 66.7 Å². The second-order valence-electron chi connectivity index (χ2n) is 6.44. The molecule has 3 heterocycles. The van der Waals surface area contributed by atoms with Crippen LogP contribution in [0.5, 0.6) is 0 Å². The fourth-order valence-electron chi connectivity index (χ4n) is 3.38. The molecule has 1 aromatic rings. The summed E-state index contributed by atoms with van der Waals surface area (Å²) in [6.45, 7) is 1.83. The molecular weight excluding hydrogens is 286 g/mol. The van der Waals surface area contributed by atoms with E-state index < -0.39 is 6.10 Å². The number of carbonyl (C=O) groups excluding carboxylic acids is 2.